The van der Waals surface area contributed by atoms with Crippen molar-refractivity contribution in [3.63, 3.8) is 0 Å². The molecule has 0 amide bonds. The van der Waals surface area contributed by atoms with E-state index in [2.05, 4.69) is 198 Å². The first-order chi connectivity index (χ1) is 29.2. The van der Waals surface area contributed by atoms with Crippen LogP contribution in [0.25, 0.3) is 11.8 Å². The summed E-state index contributed by atoms with van der Waals surface area (Å²) in [7, 11) is 0. The van der Waals surface area contributed by atoms with Crippen molar-refractivity contribution in [2.24, 2.45) is 0 Å². The number of fused-ring (bicyclic) bond motifs is 4. The van der Waals surface area contributed by atoms with Gasteiger partial charge in [-0.3, -0.25) is 0 Å². The summed E-state index contributed by atoms with van der Waals surface area (Å²) in [5.41, 5.74) is 20.7. The van der Waals surface area contributed by atoms with Crippen LogP contribution in [0.3, 0.4) is 0 Å². The molecule has 0 unspecified atom stereocenters. The topological polar surface area (TPSA) is 18.5 Å². The van der Waals surface area contributed by atoms with E-state index in [1.807, 2.05) is 0 Å². The fourth-order valence-electron chi connectivity index (χ4n) is 10.7. The predicted octanol–water partition coefficient (Wildman–Crippen LogP) is 15.2. The second kappa shape index (κ2) is 14.1. The molecule has 3 atom stereocenters. The molecule has 1 aliphatic carbocycles. The molecule has 0 saturated carbocycles. The molecule has 3 heterocycles. The lowest BCUT2D eigenvalue weighted by molar-refractivity contribution is 0.157. The highest BCUT2D eigenvalue weighted by Crippen LogP contribution is 2.63. The summed E-state index contributed by atoms with van der Waals surface area (Å²) in [6, 6.07) is 42.0. The van der Waals surface area contributed by atoms with Crippen LogP contribution in [0.2, 0.25) is 0 Å². The van der Waals surface area contributed by atoms with Gasteiger partial charge in [-0.15, -0.1) is 0 Å². The van der Waals surface area contributed by atoms with Gasteiger partial charge in [0.1, 0.15) is 23.4 Å². The Morgan fingerprint density at radius 2 is 0.903 bits per heavy atom. The smallest absolute Gasteiger partial charge is 0.135 e. The van der Waals surface area contributed by atoms with E-state index in [0.29, 0.717) is 0 Å². The number of hydrogen-bond donors (Lipinski definition) is 0. The van der Waals surface area contributed by atoms with Gasteiger partial charge in [0.15, 0.2) is 0 Å². The predicted molar refractivity (Wildman–Crippen MR) is 258 cm³/mol. The Morgan fingerprint density at radius 3 is 1.44 bits per heavy atom. The fraction of sp³-hybridized carbons (Fsp3) is 0.367. The maximum Gasteiger partial charge on any atom is 0.135 e. The average Bonchev–Trinajstić information content (AvgIpc) is 3.31. The third-order valence-electron chi connectivity index (χ3n) is 14.3. The highest BCUT2D eigenvalue weighted by Gasteiger charge is 2.51. The molecule has 0 fully saturated rings. The zero-order valence-electron chi connectivity index (χ0n) is 39.1. The van der Waals surface area contributed by atoms with E-state index in [1.165, 1.54) is 83.5 Å². The van der Waals surface area contributed by atoms with Gasteiger partial charge in [-0.05, 0) is 100 Å². The highest BCUT2D eigenvalue weighted by atomic mass is 16.5. The van der Waals surface area contributed by atoms with E-state index >= 15 is 0 Å². The molecule has 4 aliphatic rings. The van der Waals surface area contributed by atoms with Crippen LogP contribution in [-0.2, 0) is 40.9 Å². The number of hydrogen-bond acceptors (Lipinski definition) is 2. The van der Waals surface area contributed by atoms with Gasteiger partial charge in [0.05, 0.1) is 0 Å². The minimum Gasteiger partial charge on any atom is -0.484 e. The highest BCUT2D eigenvalue weighted by molar-refractivity contribution is 5.84. The van der Waals surface area contributed by atoms with E-state index in [-0.39, 0.29) is 39.6 Å². The molecule has 2 nitrogen and oxygen atoms in total. The Labute approximate surface area is 371 Å². The second-order valence-electron chi connectivity index (χ2n) is 23.0. The molecule has 6 aromatic rings. The standard InChI is InChI=1S/C60H64O2/c1-57(2,3)43-27-37-24-40-30-44(58(4,5)6)31-41-26-39-29-45(59(7,8)9)33-47-51(39)56-52(36-21-17-14-18-22-36)53(47)48-34-46(60(10,11)12)32-42(55(48)62-56)25-38(28-43)50(37)49(61-54(40)41)23-35-19-15-13-16-20-35/h13-23,27-34,52-53,56H,24-26H2,1-12H3/b49-23-/t52-,53-,56-/m0/s1. The Hall–Kier alpha value is -5.34. The third-order valence-corrected chi connectivity index (χ3v) is 14.3. The Kier molecular flexibility index (Phi) is 9.25. The van der Waals surface area contributed by atoms with Crippen molar-refractivity contribution in [2.45, 2.75) is 142 Å². The molecule has 5 bridgehead atoms. The van der Waals surface area contributed by atoms with Crippen LogP contribution < -0.4 is 9.47 Å². The molecule has 316 valence electrons. The molecule has 62 heavy (non-hydrogen) atoms. The van der Waals surface area contributed by atoms with Crippen LogP contribution in [0.5, 0.6) is 11.5 Å². The zero-order valence-corrected chi connectivity index (χ0v) is 39.1. The van der Waals surface area contributed by atoms with E-state index in [9.17, 15) is 0 Å². The lowest BCUT2D eigenvalue weighted by Gasteiger charge is -2.36. The molecule has 10 rings (SSSR count). The summed E-state index contributed by atoms with van der Waals surface area (Å²) >= 11 is 0. The lowest BCUT2D eigenvalue weighted by atomic mass is 9.74. The zero-order chi connectivity index (χ0) is 43.7. The maximum absolute atomic E-state index is 7.77. The first-order valence-electron chi connectivity index (χ1n) is 23.1. The van der Waals surface area contributed by atoms with Crippen LogP contribution in [0.1, 0.15) is 190 Å². The van der Waals surface area contributed by atoms with Crippen molar-refractivity contribution in [1.82, 2.24) is 0 Å². The molecule has 0 saturated heterocycles. The van der Waals surface area contributed by atoms with E-state index in [1.54, 1.807) is 0 Å². The number of ether oxygens (including phenoxy) is 2. The van der Waals surface area contributed by atoms with Gasteiger partial charge in [-0.1, -0.05) is 192 Å². The molecule has 0 aromatic heterocycles. The van der Waals surface area contributed by atoms with Gasteiger partial charge >= 0.3 is 0 Å². The molecule has 0 radical (unpaired) electrons. The normalized spacial score (nSPS) is 19.5. The summed E-state index contributed by atoms with van der Waals surface area (Å²) in [4.78, 5) is 0. The Balaban J connectivity index is 1.37. The van der Waals surface area contributed by atoms with Crippen molar-refractivity contribution in [3.8, 4) is 11.5 Å². The molecule has 0 spiro atoms. The minimum atomic E-state index is -0.125. The quantitative estimate of drug-likeness (QED) is 0.173. The summed E-state index contributed by atoms with van der Waals surface area (Å²) in [5, 5.41) is 0. The molecule has 0 N–H and O–H groups in total. The van der Waals surface area contributed by atoms with Crippen LogP contribution in [0.4, 0.5) is 0 Å². The SMILES string of the molecule is CC(C)(C)c1cc2c3c(c1)Cc1cc(C(C)(C)C)cc4c1[C@@H]1Oc5c(cc(C(C)(C)C)cc5[C@H]4[C@@H]1c1ccccc1)Cc1cc(C(C)(C)C)cc(c1/C(=C/c1ccccc1)O3)C2. The van der Waals surface area contributed by atoms with Crippen molar-refractivity contribution in [1.29, 1.82) is 0 Å². The van der Waals surface area contributed by atoms with Crippen molar-refractivity contribution in [3.05, 3.63) is 198 Å². The molecule has 3 aliphatic heterocycles. The number of rotatable bonds is 2. The molecular weight excluding hydrogens is 753 g/mol. The first-order valence-corrected chi connectivity index (χ1v) is 23.1. The largest absolute Gasteiger partial charge is 0.484 e. The van der Waals surface area contributed by atoms with E-state index in [0.717, 1.165) is 42.1 Å². The fourth-order valence-corrected chi connectivity index (χ4v) is 10.7. The molecular formula is C60H64O2. The van der Waals surface area contributed by atoms with Crippen LogP contribution in [0, 0.1) is 0 Å². The van der Waals surface area contributed by atoms with Crippen molar-refractivity contribution < 1.29 is 9.47 Å². The van der Waals surface area contributed by atoms with E-state index in [4.69, 9.17) is 9.47 Å². The maximum atomic E-state index is 7.77. The lowest BCUT2D eigenvalue weighted by Crippen LogP contribution is -2.25. The summed E-state index contributed by atoms with van der Waals surface area (Å²) in [5.74, 6) is 3.30. The van der Waals surface area contributed by atoms with Crippen molar-refractivity contribution >= 4 is 11.8 Å². The van der Waals surface area contributed by atoms with Gasteiger partial charge in [-0.2, -0.15) is 0 Å². The van der Waals surface area contributed by atoms with Gasteiger partial charge in [0.25, 0.3) is 0 Å². The third kappa shape index (κ3) is 6.93. The monoisotopic (exact) mass is 816 g/mol. The summed E-state index contributed by atoms with van der Waals surface area (Å²) in [6.45, 7) is 28.3. The summed E-state index contributed by atoms with van der Waals surface area (Å²) < 4.78 is 15.4. The van der Waals surface area contributed by atoms with Crippen LogP contribution in [-0.4, -0.2) is 0 Å². The first kappa shape index (κ1) is 40.7. The second-order valence-corrected chi connectivity index (χ2v) is 23.0. The van der Waals surface area contributed by atoms with Crippen molar-refractivity contribution in [2.75, 3.05) is 0 Å². The molecule has 6 aromatic carbocycles. The van der Waals surface area contributed by atoms with E-state index < -0.39 is 0 Å². The Morgan fingerprint density at radius 1 is 0.468 bits per heavy atom. The van der Waals surface area contributed by atoms with Crippen LogP contribution >= 0.6 is 0 Å². The Bertz CT molecular complexity index is 2790. The average molecular weight is 817 g/mol. The summed E-state index contributed by atoms with van der Waals surface area (Å²) in [6.07, 6.45) is 4.44. The number of benzene rings is 6. The van der Waals surface area contributed by atoms with Gasteiger partial charge in [-0.25, -0.2) is 0 Å². The minimum absolute atomic E-state index is 0.0541. The van der Waals surface area contributed by atoms with Gasteiger partial charge in [0, 0.05) is 47.8 Å². The van der Waals surface area contributed by atoms with Gasteiger partial charge < -0.3 is 9.47 Å². The van der Waals surface area contributed by atoms with Gasteiger partial charge in [0.2, 0.25) is 0 Å². The molecule has 2 heteroatoms. The van der Waals surface area contributed by atoms with Crippen LogP contribution in [0.15, 0.2) is 109 Å².